The largest absolute Gasteiger partial charge is 0.380 e. The molecule has 2 aromatic rings. The van der Waals surface area contributed by atoms with Crippen molar-refractivity contribution in [2.24, 2.45) is 0 Å². The summed E-state index contributed by atoms with van der Waals surface area (Å²) >= 11 is 1.82. The Morgan fingerprint density at radius 2 is 1.81 bits per heavy atom. The average molecular weight is 299 g/mol. The number of fused-ring (bicyclic) bond motifs is 2. The summed E-state index contributed by atoms with van der Waals surface area (Å²) in [5, 5.41) is 14.7. The molecule has 0 saturated carbocycles. The third-order valence-corrected chi connectivity index (χ3v) is 5.27. The highest BCUT2D eigenvalue weighted by atomic mass is 32.2. The second-order valence-corrected chi connectivity index (χ2v) is 6.53. The highest BCUT2D eigenvalue weighted by molar-refractivity contribution is 7.98. The average Bonchev–Trinajstić information content (AvgIpc) is 2.65. The van der Waals surface area contributed by atoms with Crippen LogP contribution in [0.15, 0.2) is 53.4 Å². The van der Waals surface area contributed by atoms with Gasteiger partial charge in [0.05, 0.1) is 0 Å². The van der Waals surface area contributed by atoms with Gasteiger partial charge in [0, 0.05) is 16.2 Å². The lowest BCUT2D eigenvalue weighted by molar-refractivity contribution is 0.0659. The van der Waals surface area contributed by atoms with Gasteiger partial charge in [-0.3, -0.25) is 0 Å². The summed E-state index contributed by atoms with van der Waals surface area (Å²) in [7, 11) is 1.95. The molecule has 0 aliphatic carbocycles. The predicted molar refractivity (Wildman–Crippen MR) is 88.6 cm³/mol. The molecule has 1 aliphatic rings. The molecule has 21 heavy (non-hydrogen) atoms. The first-order chi connectivity index (χ1) is 10.3. The molecule has 110 valence electrons. The van der Waals surface area contributed by atoms with E-state index >= 15 is 0 Å². The van der Waals surface area contributed by atoms with Crippen LogP contribution in [-0.2, 0) is 11.4 Å². The standard InChI is InChI=1S/C18H21NOS/c1-19-12-6-11-18(20)15-8-3-2-7-14(15)13-21-17-10-5-4-9-16(17)18/h2-5,7-10,19-20H,6,11-13H2,1H3/t18-/m1/s1. The van der Waals surface area contributed by atoms with Crippen LogP contribution in [-0.4, -0.2) is 18.7 Å². The second-order valence-electron chi connectivity index (χ2n) is 5.51. The van der Waals surface area contributed by atoms with E-state index in [0.29, 0.717) is 0 Å². The molecule has 0 unspecified atom stereocenters. The Balaban J connectivity index is 2.10. The number of aliphatic hydroxyl groups is 1. The Kier molecular flexibility index (Phi) is 4.34. The molecule has 2 nitrogen and oxygen atoms in total. The molecule has 0 bridgehead atoms. The van der Waals surface area contributed by atoms with E-state index in [4.69, 9.17) is 0 Å². The zero-order chi connectivity index (χ0) is 14.7. The van der Waals surface area contributed by atoms with E-state index in [2.05, 4.69) is 41.7 Å². The molecule has 0 spiro atoms. The fraction of sp³-hybridized carbons (Fsp3) is 0.333. The van der Waals surface area contributed by atoms with E-state index in [1.807, 2.05) is 30.9 Å². The number of benzene rings is 2. The zero-order valence-corrected chi connectivity index (χ0v) is 13.1. The quantitative estimate of drug-likeness (QED) is 0.847. The lowest BCUT2D eigenvalue weighted by Crippen LogP contribution is -2.29. The van der Waals surface area contributed by atoms with E-state index in [1.54, 1.807) is 0 Å². The van der Waals surface area contributed by atoms with Gasteiger partial charge in [0.1, 0.15) is 5.60 Å². The van der Waals surface area contributed by atoms with Gasteiger partial charge in [0.2, 0.25) is 0 Å². The predicted octanol–water partition coefficient (Wildman–Crippen LogP) is 3.53. The van der Waals surface area contributed by atoms with Crippen molar-refractivity contribution in [2.45, 2.75) is 29.1 Å². The van der Waals surface area contributed by atoms with Crippen molar-refractivity contribution in [1.29, 1.82) is 0 Å². The Bertz CT molecular complexity index is 579. The zero-order valence-electron chi connectivity index (χ0n) is 12.3. The van der Waals surface area contributed by atoms with Crippen LogP contribution in [0.4, 0.5) is 0 Å². The molecule has 2 aromatic carbocycles. The van der Waals surface area contributed by atoms with Gasteiger partial charge in [-0.1, -0.05) is 42.5 Å². The van der Waals surface area contributed by atoms with Crippen molar-refractivity contribution in [3.63, 3.8) is 0 Å². The summed E-state index contributed by atoms with van der Waals surface area (Å²) in [6.07, 6.45) is 1.68. The lowest BCUT2D eigenvalue weighted by Gasteiger charge is -2.31. The normalized spacial score (nSPS) is 20.5. The van der Waals surface area contributed by atoms with Gasteiger partial charge in [-0.25, -0.2) is 0 Å². The first-order valence-corrected chi connectivity index (χ1v) is 8.42. The molecular weight excluding hydrogens is 278 g/mol. The van der Waals surface area contributed by atoms with Gasteiger partial charge in [-0.2, -0.15) is 0 Å². The highest BCUT2D eigenvalue weighted by Crippen LogP contribution is 2.45. The molecule has 3 heteroatoms. The number of nitrogens with one attached hydrogen (secondary N) is 1. The van der Waals surface area contributed by atoms with Crippen LogP contribution in [0.5, 0.6) is 0 Å². The van der Waals surface area contributed by atoms with Gasteiger partial charge in [-0.15, -0.1) is 11.8 Å². The van der Waals surface area contributed by atoms with Crippen LogP contribution in [0.2, 0.25) is 0 Å². The van der Waals surface area contributed by atoms with E-state index in [0.717, 1.165) is 36.3 Å². The van der Waals surface area contributed by atoms with E-state index in [-0.39, 0.29) is 0 Å². The van der Waals surface area contributed by atoms with Gasteiger partial charge >= 0.3 is 0 Å². The summed E-state index contributed by atoms with van der Waals surface area (Å²) in [5.41, 5.74) is 2.48. The number of thioether (sulfide) groups is 1. The molecule has 1 aliphatic heterocycles. The molecule has 0 amide bonds. The van der Waals surface area contributed by atoms with Crippen molar-refractivity contribution in [2.75, 3.05) is 13.6 Å². The maximum atomic E-state index is 11.5. The van der Waals surface area contributed by atoms with Crippen LogP contribution < -0.4 is 5.32 Å². The molecule has 2 N–H and O–H groups in total. The van der Waals surface area contributed by atoms with Crippen molar-refractivity contribution in [3.8, 4) is 0 Å². The van der Waals surface area contributed by atoms with Gasteiger partial charge in [0.25, 0.3) is 0 Å². The van der Waals surface area contributed by atoms with Crippen molar-refractivity contribution in [3.05, 3.63) is 65.2 Å². The van der Waals surface area contributed by atoms with Crippen LogP contribution >= 0.6 is 11.8 Å². The number of hydrogen-bond acceptors (Lipinski definition) is 3. The Labute approximate surface area is 130 Å². The first kappa shape index (κ1) is 14.6. The van der Waals surface area contributed by atoms with Crippen molar-refractivity contribution >= 4 is 11.8 Å². The molecule has 3 rings (SSSR count). The fourth-order valence-electron chi connectivity index (χ4n) is 3.07. The minimum absolute atomic E-state index is 0.739. The minimum atomic E-state index is -0.881. The number of hydrogen-bond donors (Lipinski definition) is 2. The Morgan fingerprint density at radius 3 is 2.62 bits per heavy atom. The van der Waals surface area contributed by atoms with Crippen molar-refractivity contribution in [1.82, 2.24) is 5.32 Å². The molecule has 1 heterocycles. The summed E-state index contributed by atoms with van der Waals surface area (Å²) in [5.74, 6) is 0.918. The van der Waals surface area contributed by atoms with Crippen LogP contribution in [0.1, 0.15) is 29.5 Å². The third kappa shape index (κ3) is 2.73. The van der Waals surface area contributed by atoms with Gasteiger partial charge < -0.3 is 10.4 Å². The van der Waals surface area contributed by atoms with Gasteiger partial charge in [-0.05, 0) is 43.6 Å². The first-order valence-electron chi connectivity index (χ1n) is 7.43. The summed E-state index contributed by atoms with van der Waals surface area (Å²) < 4.78 is 0. The molecule has 0 saturated heterocycles. The van der Waals surface area contributed by atoms with Crippen LogP contribution in [0.25, 0.3) is 0 Å². The number of rotatable bonds is 4. The van der Waals surface area contributed by atoms with Gasteiger partial charge in [0.15, 0.2) is 0 Å². The molecule has 1 atom stereocenters. The SMILES string of the molecule is CNCCC[C@@]1(O)c2ccccc2CSc2ccccc21. The minimum Gasteiger partial charge on any atom is -0.380 e. The monoisotopic (exact) mass is 299 g/mol. The van der Waals surface area contributed by atoms with E-state index < -0.39 is 5.60 Å². The molecule has 0 aromatic heterocycles. The molecule has 0 radical (unpaired) electrons. The smallest absolute Gasteiger partial charge is 0.116 e. The summed E-state index contributed by atoms with van der Waals surface area (Å²) in [4.78, 5) is 1.20. The molecular formula is C18H21NOS. The maximum Gasteiger partial charge on any atom is 0.116 e. The van der Waals surface area contributed by atoms with E-state index in [9.17, 15) is 5.11 Å². The fourth-order valence-corrected chi connectivity index (χ4v) is 4.20. The van der Waals surface area contributed by atoms with Crippen LogP contribution in [0.3, 0.4) is 0 Å². The summed E-state index contributed by atoms with van der Waals surface area (Å²) in [6.45, 7) is 0.916. The Morgan fingerprint density at radius 1 is 1.10 bits per heavy atom. The Hall–Kier alpha value is -1.29. The summed E-state index contributed by atoms with van der Waals surface area (Å²) in [6, 6.07) is 16.6. The second kappa shape index (κ2) is 6.22. The van der Waals surface area contributed by atoms with E-state index in [1.165, 1.54) is 10.5 Å². The molecule has 0 fully saturated rings. The third-order valence-electron chi connectivity index (χ3n) is 4.14. The maximum absolute atomic E-state index is 11.5. The lowest BCUT2D eigenvalue weighted by atomic mass is 9.80. The highest BCUT2D eigenvalue weighted by Gasteiger charge is 2.36. The topological polar surface area (TPSA) is 32.3 Å². The van der Waals surface area contributed by atoms with Crippen LogP contribution in [0, 0.1) is 0 Å². The van der Waals surface area contributed by atoms with Crippen molar-refractivity contribution < 1.29 is 5.11 Å².